The number of carbonyl (C=O) groups is 2. The zero-order chi connectivity index (χ0) is 18.8. The summed E-state index contributed by atoms with van der Waals surface area (Å²) >= 11 is 0. The molecule has 25 heavy (non-hydrogen) atoms. The van der Waals surface area contributed by atoms with Crippen molar-refractivity contribution in [2.24, 2.45) is 0 Å². The second-order valence-corrected chi connectivity index (χ2v) is 7.22. The van der Waals surface area contributed by atoms with E-state index in [2.05, 4.69) is 10.2 Å². The number of anilines is 2. The first-order chi connectivity index (χ1) is 11.6. The minimum absolute atomic E-state index is 0.196. The molecule has 0 spiro atoms. The summed E-state index contributed by atoms with van der Waals surface area (Å²) in [5.41, 5.74) is 1.63. The monoisotopic (exact) mass is 349 g/mol. The van der Waals surface area contributed by atoms with Gasteiger partial charge in [-0.2, -0.15) is 0 Å². The highest BCUT2D eigenvalue weighted by atomic mass is 16.6. The van der Waals surface area contributed by atoms with Gasteiger partial charge in [0.05, 0.1) is 5.56 Å². The van der Waals surface area contributed by atoms with Gasteiger partial charge in [0.2, 0.25) is 0 Å². The van der Waals surface area contributed by atoms with E-state index in [1.54, 1.807) is 34.7 Å². The number of carbonyl (C=O) groups excluding carboxylic acids is 1. The number of hydrogen-bond donors (Lipinski definition) is 2. The maximum absolute atomic E-state index is 12.3. The van der Waals surface area contributed by atoms with E-state index in [0.29, 0.717) is 11.3 Å². The standard InChI is InChI=1S/C18H27N3O4/c1-12-14(16(22)23)10-13(20(5)17(24)25-18(2,3)4)11-15(12)21-8-6-19-7-9-21/h10-11,19H,6-9H2,1-5H3,(H,22,23). The van der Waals surface area contributed by atoms with E-state index in [0.717, 1.165) is 31.9 Å². The van der Waals surface area contributed by atoms with Crippen LogP contribution in [0.3, 0.4) is 0 Å². The van der Waals surface area contributed by atoms with Crippen molar-refractivity contribution in [1.82, 2.24) is 5.32 Å². The van der Waals surface area contributed by atoms with Crippen molar-refractivity contribution in [3.05, 3.63) is 23.3 Å². The van der Waals surface area contributed by atoms with E-state index in [-0.39, 0.29) is 5.56 Å². The Kier molecular flexibility index (Phi) is 5.57. The molecule has 1 saturated heterocycles. The fourth-order valence-corrected chi connectivity index (χ4v) is 2.77. The first kappa shape index (κ1) is 19.1. The zero-order valence-corrected chi connectivity index (χ0v) is 15.5. The van der Waals surface area contributed by atoms with Gasteiger partial charge in [-0.3, -0.25) is 4.90 Å². The third-order valence-electron chi connectivity index (χ3n) is 4.11. The van der Waals surface area contributed by atoms with Crippen LogP contribution in [0.25, 0.3) is 0 Å². The van der Waals surface area contributed by atoms with Crippen LogP contribution in [0.2, 0.25) is 0 Å². The van der Waals surface area contributed by atoms with E-state index in [9.17, 15) is 14.7 Å². The van der Waals surface area contributed by atoms with Gasteiger partial charge in [-0.1, -0.05) is 0 Å². The molecule has 0 bridgehead atoms. The molecule has 0 aromatic heterocycles. The van der Waals surface area contributed by atoms with E-state index in [1.165, 1.54) is 11.0 Å². The van der Waals surface area contributed by atoms with E-state index in [1.807, 2.05) is 6.07 Å². The Hall–Kier alpha value is -2.28. The van der Waals surface area contributed by atoms with Crippen LogP contribution in [0.1, 0.15) is 36.7 Å². The number of ether oxygens (including phenoxy) is 1. The molecule has 1 aromatic rings. The van der Waals surface area contributed by atoms with Crippen LogP contribution in [0.4, 0.5) is 16.2 Å². The summed E-state index contributed by atoms with van der Waals surface area (Å²) in [6.07, 6.45) is -0.515. The highest BCUT2D eigenvalue weighted by Crippen LogP contribution is 2.30. The van der Waals surface area contributed by atoms with Gasteiger partial charge in [-0.05, 0) is 45.4 Å². The Balaban J connectivity index is 2.42. The van der Waals surface area contributed by atoms with Gasteiger partial charge < -0.3 is 20.1 Å². The van der Waals surface area contributed by atoms with Gasteiger partial charge in [0.1, 0.15) is 5.60 Å². The van der Waals surface area contributed by atoms with Crippen LogP contribution in [0.5, 0.6) is 0 Å². The number of carboxylic acid groups (broad SMARTS) is 1. The van der Waals surface area contributed by atoms with Gasteiger partial charge in [-0.15, -0.1) is 0 Å². The van der Waals surface area contributed by atoms with Crippen molar-refractivity contribution >= 4 is 23.4 Å². The van der Waals surface area contributed by atoms with E-state index < -0.39 is 17.7 Å². The lowest BCUT2D eigenvalue weighted by Crippen LogP contribution is -2.44. The predicted molar refractivity (Wildman–Crippen MR) is 97.9 cm³/mol. The number of rotatable bonds is 3. The molecule has 2 rings (SSSR count). The molecular weight excluding hydrogens is 322 g/mol. The van der Waals surface area contributed by atoms with Crippen molar-refractivity contribution in [1.29, 1.82) is 0 Å². The first-order valence-electron chi connectivity index (χ1n) is 8.40. The second kappa shape index (κ2) is 7.31. The minimum Gasteiger partial charge on any atom is -0.478 e. The normalized spacial score (nSPS) is 15.0. The number of nitrogens with zero attached hydrogens (tertiary/aromatic N) is 2. The molecule has 0 unspecified atom stereocenters. The molecule has 1 fully saturated rings. The predicted octanol–water partition coefficient (Wildman–Crippen LogP) is 2.47. The number of benzene rings is 1. The Morgan fingerprint density at radius 2 is 1.84 bits per heavy atom. The quantitative estimate of drug-likeness (QED) is 0.872. The Labute approximate surface area is 148 Å². The van der Waals surface area contributed by atoms with Crippen LogP contribution < -0.4 is 15.1 Å². The molecule has 7 heteroatoms. The summed E-state index contributed by atoms with van der Waals surface area (Å²) in [5, 5.41) is 12.8. The average Bonchev–Trinajstić information content (AvgIpc) is 2.53. The molecule has 0 radical (unpaired) electrons. The second-order valence-electron chi connectivity index (χ2n) is 7.22. The maximum Gasteiger partial charge on any atom is 0.414 e. The van der Waals surface area contributed by atoms with Crippen LogP contribution in [0, 0.1) is 6.92 Å². The third-order valence-corrected chi connectivity index (χ3v) is 4.11. The summed E-state index contributed by atoms with van der Waals surface area (Å²) in [6.45, 7) is 10.5. The molecule has 2 N–H and O–H groups in total. The van der Waals surface area contributed by atoms with E-state index >= 15 is 0 Å². The molecule has 138 valence electrons. The van der Waals surface area contributed by atoms with Crippen molar-refractivity contribution in [3.8, 4) is 0 Å². The molecule has 1 amide bonds. The molecule has 1 aliphatic heterocycles. The first-order valence-corrected chi connectivity index (χ1v) is 8.40. The number of hydrogen-bond acceptors (Lipinski definition) is 5. The summed E-state index contributed by atoms with van der Waals surface area (Å²) in [7, 11) is 1.59. The van der Waals surface area contributed by atoms with Crippen LogP contribution in [0.15, 0.2) is 12.1 Å². The van der Waals surface area contributed by atoms with Gasteiger partial charge in [-0.25, -0.2) is 9.59 Å². The average molecular weight is 349 g/mol. The highest BCUT2D eigenvalue weighted by Gasteiger charge is 2.24. The molecule has 0 aliphatic carbocycles. The Bertz CT molecular complexity index is 661. The lowest BCUT2D eigenvalue weighted by Gasteiger charge is -2.32. The lowest BCUT2D eigenvalue weighted by molar-refractivity contribution is 0.0587. The van der Waals surface area contributed by atoms with Crippen LogP contribution >= 0.6 is 0 Å². The van der Waals surface area contributed by atoms with Crippen LogP contribution in [-0.2, 0) is 4.74 Å². The Morgan fingerprint density at radius 1 is 1.24 bits per heavy atom. The molecular formula is C18H27N3O4. The Morgan fingerprint density at radius 3 is 2.36 bits per heavy atom. The number of nitrogens with one attached hydrogen (secondary N) is 1. The SMILES string of the molecule is Cc1c(C(=O)O)cc(N(C)C(=O)OC(C)(C)C)cc1N1CCNCC1. The summed E-state index contributed by atoms with van der Waals surface area (Å²) in [4.78, 5) is 27.5. The minimum atomic E-state index is -1.01. The van der Waals surface area contributed by atoms with Gasteiger partial charge in [0.15, 0.2) is 0 Å². The van der Waals surface area contributed by atoms with Gasteiger partial charge >= 0.3 is 12.1 Å². The summed E-state index contributed by atoms with van der Waals surface area (Å²) in [6, 6.07) is 3.38. The molecule has 0 saturated carbocycles. The fraction of sp³-hybridized carbons (Fsp3) is 0.556. The van der Waals surface area contributed by atoms with Gasteiger partial charge in [0.25, 0.3) is 0 Å². The topological polar surface area (TPSA) is 82.1 Å². The maximum atomic E-state index is 12.3. The van der Waals surface area contributed by atoms with Crippen molar-refractivity contribution in [3.63, 3.8) is 0 Å². The van der Waals surface area contributed by atoms with Crippen molar-refractivity contribution in [2.45, 2.75) is 33.3 Å². The number of piperazine rings is 1. The fourth-order valence-electron chi connectivity index (χ4n) is 2.77. The summed E-state index contributed by atoms with van der Waals surface area (Å²) < 4.78 is 5.39. The molecule has 1 heterocycles. The largest absolute Gasteiger partial charge is 0.478 e. The van der Waals surface area contributed by atoms with Crippen LogP contribution in [-0.4, -0.2) is 56.0 Å². The number of carboxylic acids is 1. The molecule has 0 atom stereocenters. The zero-order valence-electron chi connectivity index (χ0n) is 15.5. The van der Waals surface area contributed by atoms with Gasteiger partial charge in [0, 0.05) is 44.6 Å². The molecule has 1 aromatic carbocycles. The third kappa shape index (κ3) is 4.63. The molecule has 7 nitrogen and oxygen atoms in total. The molecule has 1 aliphatic rings. The smallest absolute Gasteiger partial charge is 0.414 e. The lowest BCUT2D eigenvalue weighted by atomic mass is 10.0. The van der Waals surface area contributed by atoms with Crippen molar-refractivity contribution in [2.75, 3.05) is 43.0 Å². The summed E-state index contributed by atoms with van der Waals surface area (Å²) in [5.74, 6) is -1.01. The highest BCUT2D eigenvalue weighted by molar-refractivity contribution is 5.96. The number of amides is 1. The number of aromatic carboxylic acids is 1. The van der Waals surface area contributed by atoms with E-state index in [4.69, 9.17) is 4.74 Å². The van der Waals surface area contributed by atoms with Crippen molar-refractivity contribution < 1.29 is 19.4 Å².